The van der Waals surface area contributed by atoms with E-state index in [0.29, 0.717) is 0 Å². The predicted molar refractivity (Wildman–Crippen MR) is 74.7 cm³/mol. The van der Waals surface area contributed by atoms with Crippen molar-refractivity contribution in [3.05, 3.63) is 35.7 Å². The summed E-state index contributed by atoms with van der Waals surface area (Å²) in [6.07, 6.45) is 10.1. The second-order valence-corrected chi connectivity index (χ2v) is 5.42. The number of hydrogen-bond acceptors (Lipinski definition) is 3. The summed E-state index contributed by atoms with van der Waals surface area (Å²) in [5.41, 5.74) is 4.16. The Kier molecular flexibility index (Phi) is 3.33. The van der Waals surface area contributed by atoms with Crippen LogP contribution in [0.15, 0.2) is 30.1 Å². The highest BCUT2D eigenvalue weighted by molar-refractivity contribution is 5.54. The summed E-state index contributed by atoms with van der Waals surface area (Å²) in [5, 5.41) is 3.58. The highest BCUT2D eigenvalue weighted by Gasteiger charge is 2.21. The zero-order chi connectivity index (χ0) is 12.4. The third-order valence-electron chi connectivity index (χ3n) is 3.71. The molecule has 2 heterocycles. The van der Waals surface area contributed by atoms with E-state index in [4.69, 9.17) is 0 Å². The Morgan fingerprint density at radius 1 is 1.44 bits per heavy atom. The van der Waals surface area contributed by atoms with Crippen LogP contribution < -0.4 is 10.2 Å². The molecule has 0 saturated heterocycles. The Morgan fingerprint density at radius 3 is 3.11 bits per heavy atom. The van der Waals surface area contributed by atoms with E-state index < -0.39 is 0 Å². The minimum Gasteiger partial charge on any atom is -0.367 e. The topological polar surface area (TPSA) is 28.2 Å². The van der Waals surface area contributed by atoms with E-state index in [0.717, 1.165) is 32.1 Å². The first kappa shape index (κ1) is 11.7. The van der Waals surface area contributed by atoms with E-state index in [1.165, 1.54) is 29.7 Å². The summed E-state index contributed by atoms with van der Waals surface area (Å²) in [4.78, 5) is 6.75. The normalized spacial score (nSPS) is 19.8. The predicted octanol–water partition coefficient (Wildman–Crippen LogP) is 2.49. The van der Waals surface area contributed by atoms with Gasteiger partial charge in [0.1, 0.15) is 0 Å². The first-order chi connectivity index (χ1) is 8.83. The minimum absolute atomic E-state index is 0.751. The molecule has 3 heteroatoms. The number of aromatic nitrogens is 1. The van der Waals surface area contributed by atoms with E-state index in [1.807, 2.05) is 12.4 Å². The van der Waals surface area contributed by atoms with Crippen molar-refractivity contribution >= 4 is 5.69 Å². The van der Waals surface area contributed by atoms with Gasteiger partial charge in [0.2, 0.25) is 0 Å². The zero-order valence-corrected chi connectivity index (χ0v) is 11.0. The average molecular weight is 243 g/mol. The third-order valence-corrected chi connectivity index (χ3v) is 3.71. The maximum atomic E-state index is 4.28. The minimum atomic E-state index is 0.751. The first-order valence-electron chi connectivity index (χ1n) is 6.90. The van der Waals surface area contributed by atoms with Gasteiger partial charge in [0.15, 0.2) is 0 Å². The van der Waals surface area contributed by atoms with Gasteiger partial charge in [-0.3, -0.25) is 4.98 Å². The smallest absolute Gasteiger partial charge is 0.0445 e. The quantitative estimate of drug-likeness (QED) is 0.824. The van der Waals surface area contributed by atoms with Crippen LogP contribution in [0.5, 0.6) is 0 Å². The van der Waals surface area contributed by atoms with Crippen LogP contribution in [-0.4, -0.2) is 24.1 Å². The third kappa shape index (κ3) is 2.72. The Morgan fingerprint density at radius 2 is 2.33 bits per heavy atom. The van der Waals surface area contributed by atoms with E-state index in [1.54, 1.807) is 0 Å². The standard InChI is InChI=1S/C15H21N3/c1-12-3-2-8-18(11-12)15-6-7-16-9-13(15)10-17-14-4-5-14/h3,6-7,9,14,17H,2,4-5,8,10-11H2,1H3. The van der Waals surface area contributed by atoms with Crippen LogP contribution >= 0.6 is 0 Å². The Labute approximate surface area is 109 Å². The maximum Gasteiger partial charge on any atom is 0.0445 e. The van der Waals surface area contributed by atoms with Crippen LogP contribution in [0.25, 0.3) is 0 Å². The van der Waals surface area contributed by atoms with Gasteiger partial charge >= 0.3 is 0 Å². The van der Waals surface area contributed by atoms with E-state index >= 15 is 0 Å². The molecular formula is C15H21N3. The molecule has 0 bridgehead atoms. The molecular weight excluding hydrogens is 222 g/mol. The maximum absolute atomic E-state index is 4.28. The van der Waals surface area contributed by atoms with Crippen LogP contribution in [0, 0.1) is 0 Å². The van der Waals surface area contributed by atoms with Crippen LogP contribution in [0.3, 0.4) is 0 Å². The summed E-state index contributed by atoms with van der Waals surface area (Å²) in [5.74, 6) is 0. The fourth-order valence-corrected chi connectivity index (χ4v) is 2.52. The lowest BCUT2D eigenvalue weighted by atomic mass is 10.1. The van der Waals surface area contributed by atoms with Gasteiger partial charge in [-0.15, -0.1) is 0 Å². The highest BCUT2D eigenvalue weighted by atomic mass is 15.1. The van der Waals surface area contributed by atoms with E-state index in [9.17, 15) is 0 Å². The fourth-order valence-electron chi connectivity index (χ4n) is 2.52. The second-order valence-electron chi connectivity index (χ2n) is 5.42. The van der Waals surface area contributed by atoms with Gasteiger partial charge in [0.25, 0.3) is 0 Å². The van der Waals surface area contributed by atoms with Crippen molar-refractivity contribution in [3.63, 3.8) is 0 Å². The van der Waals surface area contributed by atoms with Crippen molar-refractivity contribution in [3.8, 4) is 0 Å². The molecule has 1 aliphatic carbocycles. The molecule has 1 saturated carbocycles. The van der Waals surface area contributed by atoms with Crippen molar-refractivity contribution in [2.24, 2.45) is 0 Å². The average Bonchev–Trinajstić information content (AvgIpc) is 3.21. The number of rotatable bonds is 4. The molecule has 0 aromatic carbocycles. The molecule has 0 unspecified atom stereocenters. The largest absolute Gasteiger partial charge is 0.367 e. The Balaban J connectivity index is 1.75. The molecule has 1 aromatic rings. The van der Waals surface area contributed by atoms with Gasteiger partial charge < -0.3 is 10.2 Å². The van der Waals surface area contributed by atoms with Gasteiger partial charge in [-0.25, -0.2) is 0 Å². The molecule has 0 atom stereocenters. The summed E-state index contributed by atoms with van der Waals surface area (Å²) in [6, 6.07) is 2.91. The number of nitrogens with zero attached hydrogens (tertiary/aromatic N) is 2. The van der Waals surface area contributed by atoms with Crippen molar-refractivity contribution in [1.82, 2.24) is 10.3 Å². The van der Waals surface area contributed by atoms with Crippen LogP contribution in [0.1, 0.15) is 31.7 Å². The molecule has 1 aromatic heterocycles. The molecule has 3 rings (SSSR count). The van der Waals surface area contributed by atoms with Crippen LogP contribution in [0.4, 0.5) is 5.69 Å². The second kappa shape index (κ2) is 5.11. The number of nitrogens with one attached hydrogen (secondary N) is 1. The lowest BCUT2D eigenvalue weighted by molar-refractivity contribution is 0.680. The summed E-state index contributed by atoms with van der Waals surface area (Å²) >= 11 is 0. The molecule has 1 fully saturated rings. The summed E-state index contributed by atoms with van der Waals surface area (Å²) in [7, 11) is 0. The van der Waals surface area contributed by atoms with Gasteiger partial charge in [-0.1, -0.05) is 11.6 Å². The zero-order valence-electron chi connectivity index (χ0n) is 11.0. The monoisotopic (exact) mass is 243 g/mol. The van der Waals surface area contributed by atoms with Crippen LogP contribution in [0.2, 0.25) is 0 Å². The van der Waals surface area contributed by atoms with E-state index in [2.05, 4.69) is 34.3 Å². The van der Waals surface area contributed by atoms with Crippen molar-refractivity contribution in [1.29, 1.82) is 0 Å². The molecule has 96 valence electrons. The molecule has 18 heavy (non-hydrogen) atoms. The van der Waals surface area contributed by atoms with Crippen molar-refractivity contribution in [2.45, 2.75) is 38.8 Å². The lowest BCUT2D eigenvalue weighted by Crippen LogP contribution is -2.30. The highest BCUT2D eigenvalue weighted by Crippen LogP contribution is 2.25. The van der Waals surface area contributed by atoms with Gasteiger partial charge in [-0.2, -0.15) is 0 Å². The fraction of sp³-hybridized carbons (Fsp3) is 0.533. The summed E-state index contributed by atoms with van der Waals surface area (Å²) < 4.78 is 0. The number of pyridine rings is 1. The number of anilines is 1. The van der Waals surface area contributed by atoms with Gasteiger partial charge in [-0.05, 0) is 32.3 Å². The molecule has 2 aliphatic rings. The molecule has 0 radical (unpaired) electrons. The molecule has 0 spiro atoms. The number of hydrogen-bond donors (Lipinski definition) is 1. The van der Waals surface area contributed by atoms with Crippen molar-refractivity contribution < 1.29 is 0 Å². The molecule has 3 nitrogen and oxygen atoms in total. The molecule has 1 N–H and O–H groups in total. The summed E-state index contributed by atoms with van der Waals surface area (Å²) in [6.45, 7) is 5.35. The van der Waals surface area contributed by atoms with Gasteiger partial charge in [0.05, 0.1) is 0 Å². The van der Waals surface area contributed by atoms with E-state index in [-0.39, 0.29) is 0 Å². The van der Waals surface area contributed by atoms with Crippen molar-refractivity contribution in [2.75, 3.05) is 18.0 Å². The Hall–Kier alpha value is -1.35. The Bertz CT molecular complexity index is 449. The SMILES string of the molecule is CC1=CCCN(c2ccncc2CNC2CC2)C1. The lowest BCUT2D eigenvalue weighted by Gasteiger charge is -2.30. The molecule has 0 amide bonds. The van der Waals surface area contributed by atoms with Crippen LogP contribution in [-0.2, 0) is 6.54 Å². The van der Waals surface area contributed by atoms with Gasteiger partial charge in [0, 0.05) is 49.3 Å². The first-order valence-corrected chi connectivity index (χ1v) is 6.90. The molecule has 1 aliphatic heterocycles.